The van der Waals surface area contributed by atoms with E-state index in [2.05, 4.69) is 6.07 Å². The van der Waals surface area contributed by atoms with Gasteiger partial charge in [-0.05, 0) is 35.4 Å². The van der Waals surface area contributed by atoms with Crippen molar-refractivity contribution in [3.05, 3.63) is 77.9 Å². The maximum atomic E-state index is 13.3. The summed E-state index contributed by atoms with van der Waals surface area (Å²) in [4.78, 5) is 0. The molecule has 0 aliphatic heterocycles. The van der Waals surface area contributed by atoms with Gasteiger partial charge in [0.25, 0.3) is 0 Å². The molecule has 3 aromatic carbocycles. The molecule has 0 saturated heterocycles. The Morgan fingerprint density at radius 2 is 1.54 bits per heavy atom. The number of aryl methyl sites for hydroxylation is 2. The highest BCUT2D eigenvalue weighted by Gasteiger charge is 2.34. The van der Waals surface area contributed by atoms with Crippen molar-refractivity contribution in [1.29, 1.82) is 0 Å². The fourth-order valence-corrected chi connectivity index (χ4v) is 3.64. The third-order valence-corrected chi connectivity index (χ3v) is 4.91. The largest absolute Gasteiger partial charge is 0.417 e. The maximum Gasteiger partial charge on any atom is 0.417 e. The number of benzene rings is 3. The first-order valence-electron chi connectivity index (χ1n) is 8.35. The van der Waals surface area contributed by atoms with Crippen LogP contribution in [0.3, 0.4) is 0 Å². The second-order valence-electron chi connectivity index (χ2n) is 6.49. The lowest BCUT2D eigenvalue weighted by Crippen LogP contribution is -2.32. The zero-order valence-electron chi connectivity index (χ0n) is 14.4. The van der Waals surface area contributed by atoms with Crippen LogP contribution < -0.4 is 4.57 Å². The normalized spacial score (nSPS) is 12.0. The number of aromatic nitrogens is 1. The average Bonchev–Trinajstić information content (AvgIpc) is 2.62. The molecule has 130 valence electrons. The van der Waals surface area contributed by atoms with E-state index in [1.165, 1.54) is 6.07 Å². The summed E-state index contributed by atoms with van der Waals surface area (Å²) in [5.74, 6) is 0. The minimum Gasteiger partial charge on any atom is -0.194 e. The molecule has 0 atom stereocenters. The zero-order valence-corrected chi connectivity index (χ0v) is 14.4. The van der Waals surface area contributed by atoms with Gasteiger partial charge in [-0.15, -0.1) is 0 Å². The first kappa shape index (κ1) is 16.6. The van der Waals surface area contributed by atoms with Crippen LogP contribution in [0.15, 0.2) is 66.7 Å². The summed E-state index contributed by atoms with van der Waals surface area (Å²) in [5, 5.41) is 2.41. The second kappa shape index (κ2) is 5.84. The molecule has 0 radical (unpaired) electrons. The molecule has 0 spiro atoms. The Labute approximate surface area is 149 Å². The van der Waals surface area contributed by atoms with Crippen molar-refractivity contribution < 1.29 is 17.7 Å². The number of pyridine rings is 1. The van der Waals surface area contributed by atoms with Gasteiger partial charge in [0.2, 0.25) is 11.2 Å². The molecule has 0 N–H and O–H groups in total. The standard InChI is InChI=1S/C22H17F3N/c1-14-10-11-15-6-3-4-7-16(15)21(14)20-13-12-17-18(22(23,24)25)8-5-9-19(17)26(20)2/h3-13H,1-2H3/q+1. The van der Waals surface area contributed by atoms with E-state index in [4.69, 9.17) is 0 Å². The van der Waals surface area contributed by atoms with Crippen molar-refractivity contribution in [3.8, 4) is 11.3 Å². The SMILES string of the molecule is Cc1ccc2ccccc2c1-c1ccc2c(C(F)(F)F)cccc2[n+]1C. The van der Waals surface area contributed by atoms with E-state index in [0.717, 1.165) is 33.7 Å². The van der Waals surface area contributed by atoms with E-state index in [9.17, 15) is 13.2 Å². The van der Waals surface area contributed by atoms with E-state index in [1.54, 1.807) is 18.2 Å². The molecule has 4 heteroatoms. The fraction of sp³-hybridized carbons (Fsp3) is 0.136. The lowest BCUT2D eigenvalue weighted by molar-refractivity contribution is -0.633. The highest BCUT2D eigenvalue weighted by Crippen LogP contribution is 2.36. The number of nitrogens with zero attached hydrogens (tertiary/aromatic N) is 1. The monoisotopic (exact) mass is 352 g/mol. The Bertz CT molecular complexity index is 1140. The number of alkyl halides is 3. The molecule has 0 unspecified atom stereocenters. The number of hydrogen-bond acceptors (Lipinski definition) is 0. The molecule has 4 aromatic rings. The summed E-state index contributed by atoms with van der Waals surface area (Å²) in [6.45, 7) is 2.03. The van der Waals surface area contributed by atoms with Crippen molar-refractivity contribution in [3.63, 3.8) is 0 Å². The molecule has 0 aliphatic carbocycles. The number of fused-ring (bicyclic) bond motifs is 2. The van der Waals surface area contributed by atoms with E-state index in [0.29, 0.717) is 5.52 Å². The number of rotatable bonds is 1. The molecule has 0 bridgehead atoms. The highest BCUT2D eigenvalue weighted by molar-refractivity contribution is 5.97. The predicted molar refractivity (Wildman–Crippen MR) is 97.8 cm³/mol. The van der Waals surface area contributed by atoms with Crippen LogP contribution in [0.4, 0.5) is 13.2 Å². The molecule has 0 aliphatic rings. The smallest absolute Gasteiger partial charge is 0.194 e. The summed E-state index contributed by atoms with van der Waals surface area (Å²) in [5.41, 5.74) is 2.98. The number of halogens is 3. The van der Waals surface area contributed by atoms with Crippen LogP contribution in [0, 0.1) is 6.92 Å². The van der Waals surface area contributed by atoms with Gasteiger partial charge in [-0.1, -0.05) is 42.5 Å². The summed E-state index contributed by atoms with van der Waals surface area (Å²) in [7, 11) is 1.82. The molecular weight excluding hydrogens is 335 g/mol. The summed E-state index contributed by atoms with van der Waals surface area (Å²) >= 11 is 0. The highest BCUT2D eigenvalue weighted by atomic mass is 19.4. The minimum atomic E-state index is -4.37. The summed E-state index contributed by atoms with van der Waals surface area (Å²) in [6.07, 6.45) is -4.37. The van der Waals surface area contributed by atoms with Crippen LogP contribution >= 0.6 is 0 Å². The molecular formula is C22H17F3N+. The van der Waals surface area contributed by atoms with E-state index in [1.807, 2.05) is 48.9 Å². The molecule has 1 heterocycles. The van der Waals surface area contributed by atoms with Gasteiger partial charge < -0.3 is 0 Å². The molecule has 0 fully saturated rings. The molecule has 4 rings (SSSR count). The Morgan fingerprint density at radius 1 is 0.769 bits per heavy atom. The van der Waals surface area contributed by atoms with Gasteiger partial charge >= 0.3 is 6.18 Å². The zero-order chi connectivity index (χ0) is 18.5. The predicted octanol–water partition coefficient (Wildman–Crippen LogP) is 5.81. The third-order valence-electron chi connectivity index (χ3n) is 4.91. The van der Waals surface area contributed by atoms with E-state index in [-0.39, 0.29) is 5.39 Å². The van der Waals surface area contributed by atoms with Crippen molar-refractivity contribution in [1.82, 2.24) is 0 Å². The first-order valence-corrected chi connectivity index (χ1v) is 8.35. The Kier molecular flexibility index (Phi) is 3.72. The quantitative estimate of drug-likeness (QED) is 0.381. The van der Waals surface area contributed by atoms with E-state index < -0.39 is 11.7 Å². The van der Waals surface area contributed by atoms with Crippen LogP contribution in [0.5, 0.6) is 0 Å². The van der Waals surface area contributed by atoms with Gasteiger partial charge in [-0.3, -0.25) is 0 Å². The molecule has 1 aromatic heterocycles. The van der Waals surface area contributed by atoms with Gasteiger partial charge in [-0.2, -0.15) is 17.7 Å². The lowest BCUT2D eigenvalue weighted by atomic mass is 9.96. The number of hydrogen-bond donors (Lipinski definition) is 0. The second-order valence-corrected chi connectivity index (χ2v) is 6.49. The molecule has 0 saturated carbocycles. The molecule has 26 heavy (non-hydrogen) atoms. The average molecular weight is 352 g/mol. The Hall–Kier alpha value is -2.88. The van der Waals surface area contributed by atoms with Gasteiger partial charge in [-0.25, -0.2) is 0 Å². The fourth-order valence-electron chi connectivity index (χ4n) is 3.64. The Balaban J connectivity index is 2.07. The first-order chi connectivity index (χ1) is 12.4. The van der Waals surface area contributed by atoms with E-state index >= 15 is 0 Å². The third kappa shape index (κ3) is 2.53. The molecule has 1 nitrogen and oxygen atoms in total. The maximum absolute atomic E-state index is 13.3. The van der Waals surface area contributed by atoms with Crippen LogP contribution in [0.1, 0.15) is 11.1 Å². The lowest BCUT2D eigenvalue weighted by Gasteiger charge is -2.12. The molecule has 0 amide bonds. The van der Waals surface area contributed by atoms with Crippen LogP contribution in [-0.2, 0) is 13.2 Å². The van der Waals surface area contributed by atoms with Crippen LogP contribution in [0.2, 0.25) is 0 Å². The van der Waals surface area contributed by atoms with Gasteiger partial charge in [0.1, 0.15) is 7.05 Å². The Morgan fingerprint density at radius 3 is 2.31 bits per heavy atom. The van der Waals surface area contributed by atoms with Crippen molar-refractivity contribution in [2.45, 2.75) is 13.1 Å². The van der Waals surface area contributed by atoms with Crippen molar-refractivity contribution in [2.75, 3.05) is 0 Å². The summed E-state index contributed by atoms with van der Waals surface area (Å²) < 4.78 is 41.9. The van der Waals surface area contributed by atoms with Crippen molar-refractivity contribution in [2.24, 2.45) is 7.05 Å². The summed E-state index contributed by atoms with van der Waals surface area (Å²) in [6, 6.07) is 19.9. The van der Waals surface area contributed by atoms with Crippen LogP contribution in [-0.4, -0.2) is 0 Å². The van der Waals surface area contributed by atoms with Crippen molar-refractivity contribution >= 4 is 21.7 Å². The van der Waals surface area contributed by atoms with Gasteiger partial charge in [0.05, 0.1) is 16.5 Å². The van der Waals surface area contributed by atoms with Gasteiger partial charge in [0.15, 0.2) is 0 Å². The van der Waals surface area contributed by atoms with Crippen LogP contribution in [0.25, 0.3) is 32.9 Å². The van der Waals surface area contributed by atoms with Gasteiger partial charge in [0, 0.05) is 12.1 Å². The topological polar surface area (TPSA) is 3.88 Å². The minimum absolute atomic E-state index is 0.212.